The molecule has 1 amide bonds. The molecule has 0 radical (unpaired) electrons. The summed E-state index contributed by atoms with van der Waals surface area (Å²) in [5, 5.41) is 10.6. The van der Waals surface area contributed by atoms with Crippen molar-refractivity contribution in [1.82, 2.24) is 15.3 Å². The van der Waals surface area contributed by atoms with Gasteiger partial charge in [0.1, 0.15) is 36.1 Å². The van der Waals surface area contributed by atoms with Gasteiger partial charge in [-0.05, 0) is 67.9 Å². The highest BCUT2D eigenvalue weighted by Gasteiger charge is 2.15. The average Bonchev–Trinajstić information content (AvgIpc) is 3.00. The largest absolute Gasteiger partial charge is 0.491 e. The summed E-state index contributed by atoms with van der Waals surface area (Å²) in [7, 11) is 1.64. The molecule has 9 nitrogen and oxygen atoms in total. The molecule has 43 heavy (non-hydrogen) atoms. The highest BCUT2D eigenvalue weighted by atomic mass is 35.5. The molecule has 1 aromatic heterocycles. The first-order chi connectivity index (χ1) is 21.0. The smallest absolute Gasteiger partial charge is 0.248 e. The maximum Gasteiger partial charge on any atom is 0.248 e. The number of ether oxygens (including phenoxy) is 3. The first kappa shape index (κ1) is 30.2. The van der Waals surface area contributed by atoms with Crippen molar-refractivity contribution in [2.75, 3.05) is 44.0 Å². The second-order valence-corrected chi connectivity index (χ2v) is 10.4. The van der Waals surface area contributed by atoms with Crippen LogP contribution in [0.2, 0.25) is 5.02 Å². The number of nitrogens with one attached hydrogen (secondary N) is 3. The van der Waals surface area contributed by atoms with Crippen molar-refractivity contribution in [3.8, 4) is 11.5 Å². The summed E-state index contributed by atoms with van der Waals surface area (Å²) in [5.41, 5.74) is 3.62. The van der Waals surface area contributed by atoms with Gasteiger partial charge in [0, 0.05) is 43.4 Å². The number of hydrogen-bond acceptors (Lipinski definition) is 8. The number of piperidine rings is 1. The van der Waals surface area contributed by atoms with Gasteiger partial charge in [0.15, 0.2) is 0 Å². The summed E-state index contributed by atoms with van der Waals surface area (Å²) < 4.78 is 30.5. The monoisotopic (exact) mass is 605 g/mol. The van der Waals surface area contributed by atoms with Crippen molar-refractivity contribution in [3.05, 3.63) is 89.0 Å². The molecule has 0 bridgehead atoms. The molecule has 3 aromatic carbocycles. The molecule has 0 atom stereocenters. The Balaban J connectivity index is 1.37. The molecule has 1 aliphatic rings. The summed E-state index contributed by atoms with van der Waals surface area (Å²) in [6, 6.07) is 15.1. The number of anilines is 3. The van der Waals surface area contributed by atoms with E-state index in [9.17, 15) is 9.18 Å². The van der Waals surface area contributed by atoms with E-state index in [1.165, 1.54) is 18.5 Å². The lowest BCUT2D eigenvalue weighted by Gasteiger charge is -2.17. The molecular formula is C32H33ClFN5O4. The number of nitrogens with zero attached hydrogens (tertiary/aromatic N) is 2. The number of halogens is 2. The number of methoxy groups -OCH3 is 1. The minimum Gasteiger partial charge on any atom is -0.491 e. The van der Waals surface area contributed by atoms with Crippen molar-refractivity contribution in [1.29, 1.82) is 0 Å². The van der Waals surface area contributed by atoms with Crippen molar-refractivity contribution < 1.29 is 23.4 Å². The zero-order valence-electron chi connectivity index (χ0n) is 23.8. The van der Waals surface area contributed by atoms with E-state index in [0.717, 1.165) is 31.5 Å². The predicted octanol–water partition coefficient (Wildman–Crippen LogP) is 6.41. The second-order valence-electron chi connectivity index (χ2n) is 10.0. The van der Waals surface area contributed by atoms with Crippen LogP contribution in [0.5, 0.6) is 11.5 Å². The molecule has 1 saturated heterocycles. The fraction of sp³-hybridized carbons (Fsp3) is 0.281. The van der Waals surface area contributed by atoms with E-state index >= 15 is 0 Å². The van der Waals surface area contributed by atoms with Gasteiger partial charge < -0.3 is 30.2 Å². The van der Waals surface area contributed by atoms with Crippen molar-refractivity contribution in [2.24, 2.45) is 0 Å². The van der Waals surface area contributed by atoms with Crippen LogP contribution >= 0.6 is 11.6 Å². The van der Waals surface area contributed by atoms with Crippen molar-refractivity contribution >= 4 is 45.6 Å². The summed E-state index contributed by atoms with van der Waals surface area (Å²) in [4.78, 5) is 21.9. The lowest BCUT2D eigenvalue weighted by atomic mass is 10.1. The van der Waals surface area contributed by atoms with Crippen LogP contribution in [-0.2, 0) is 16.1 Å². The number of carbonyl (C=O) groups is 1. The number of rotatable bonds is 12. The van der Waals surface area contributed by atoms with Crippen LogP contribution in [0.4, 0.5) is 21.6 Å². The number of aromatic nitrogens is 2. The van der Waals surface area contributed by atoms with Crippen molar-refractivity contribution in [3.63, 3.8) is 0 Å². The Labute approximate surface area is 254 Å². The van der Waals surface area contributed by atoms with E-state index < -0.39 is 0 Å². The number of fused-ring (bicyclic) bond motifs is 1. The third kappa shape index (κ3) is 8.41. The standard InChI is InChI=1S/C32H33ClFN5O4/c1-41-12-3-13-42-30-18-27-25(17-28(30)39-31(40)15-21-8-10-35-11-9-21)32(37-20-36-27)38-24-6-7-29(26(33)16-24)43-19-22-4-2-5-23(34)14-22/h2,4-7,14-18,20,35H,3,8-13,19H2,1H3,(H,39,40)(H,36,37,38). The maximum atomic E-state index is 13.5. The number of amides is 1. The molecule has 0 aliphatic carbocycles. The van der Waals surface area contributed by atoms with Crippen LogP contribution < -0.4 is 25.4 Å². The van der Waals surface area contributed by atoms with Gasteiger partial charge >= 0.3 is 0 Å². The van der Waals surface area contributed by atoms with Gasteiger partial charge in [-0.3, -0.25) is 4.79 Å². The molecular weight excluding hydrogens is 573 g/mol. The lowest BCUT2D eigenvalue weighted by Crippen LogP contribution is -2.24. The van der Waals surface area contributed by atoms with Gasteiger partial charge in [0.05, 0.1) is 22.8 Å². The summed E-state index contributed by atoms with van der Waals surface area (Å²) >= 11 is 6.51. The zero-order valence-corrected chi connectivity index (χ0v) is 24.5. The summed E-state index contributed by atoms with van der Waals surface area (Å²) in [5.74, 6) is 0.952. The number of carbonyl (C=O) groups excluding carboxylic acids is 1. The molecule has 2 heterocycles. The van der Waals surface area contributed by atoms with Gasteiger partial charge in [0.2, 0.25) is 5.91 Å². The normalized spacial score (nSPS) is 13.0. The van der Waals surface area contributed by atoms with Crippen LogP contribution in [0.3, 0.4) is 0 Å². The van der Waals surface area contributed by atoms with E-state index in [0.29, 0.717) is 69.8 Å². The zero-order chi connectivity index (χ0) is 30.0. The van der Waals surface area contributed by atoms with Crippen LogP contribution in [0.15, 0.2) is 72.6 Å². The third-order valence-corrected chi connectivity index (χ3v) is 7.10. The van der Waals surface area contributed by atoms with Crippen molar-refractivity contribution in [2.45, 2.75) is 25.9 Å². The summed E-state index contributed by atoms with van der Waals surface area (Å²) in [6.45, 7) is 2.87. The maximum absolute atomic E-state index is 13.5. The minimum atomic E-state index is -0.324. The molecule has 11 heteroatoms. The van der Waals surface area contributed by atoms with Crippen LogP contribution in [0, 0.1) is 5.82 Å². The SMILES string of the molecule is COCCCOc1cc2ncnc(Nc3ccc(OCc4cccc(F)c4)c(Cl)c3)c2cc1NC(=O)C=C1CCNCC1. The Kier molecular flexibility index (Phi) is 10.4. The van der Waals surface area contributed by atoms with E-state index in [-0.39, 0.29) is 18.3 Å². The Morgan fingerprint density at radius 2 is 1.91 bits per heavy atom. The minimum absolute atomic E-state index is 0.179. The number of benzene rings is 3. The Morgan fingerprint density at radius 1 is 1.05 bits per heavy atom. The quantitative estimate of drug-likeness (QED) is 0.126. The Bertz CT molecular complexity index is 1610. The van der Waals surface area contributed by atoms with Crippen LogP contribution in [-0.4, -0.2) is 49.3 Å². The fourth-order valence-electron chi connectivity index (χ4n) is 4.65. The van der Waals surface area contributed by atoms with Crippen LogP contribution in [0.25, 0.3) is 10.9 Å². The predicted molar refractivity (Wildman–Crippen MR) is 166 cm³/mol. The Morgan fingerprint density at radius 3 is 2.70 bits per heavy atom. The van der Waals surface area contributed by atoms with E-state index in [1.807, 2.05) is 6.07 Å². The van der Waals surface area contributed by atoms with E-state index in [2.05, 4.69) is 25.9 Å². The molecule has 0 spiro atoms. The lowest BCUT2D eigenvalue weighted by molar-refractivity contribution is -0.112. The highest BCUT2D eigenvalue weighted by molar-refractivity contribution is 6.32. The first-order valence-electron chi connectivity index (χ1n) is 14.0. The van der Waals surface area contributed by atoms with Gasteiger partial charge in [-0.25, -0.2) is 14.4 Å². The Hall–Kier alpha value is -4.25. The third-order valence-electron chi connectivity index (χ3n) is 6.80. The van der Waals surface area contributed by atoms with E-state index in [1.54, 1.807) is 49.6 Å². The van der Waals surface area contributed by atoms with Gasteiger partial charge in [-0.2, -0.15) is 0 Å². The molecule has 5 rings (SSSR count). The fourth-order valence-corrected chi connectivity index (χ4v) is 4.89. The molecule has 1 aliphatic heterocycles. The van der Waals surface area contributed by atoms with Gasteiger partial charge in [-0.15, -0.1) is 0 Å². The molecule has 224 valence electrons. The van der Waals surface area contributed by atoms with Gasteiger partial charge in [0.25, 0.3) is 0 Å². The highest BCUT2D eigenvalue weighted by Crippen LogP contribution is 2.35. The van der Waals surface area contributed by atoms with E-state index in [4.69, 9.17) is 25.8 Å². The molecule has 4 aromatic rings. The molecule has 0 unspecified atom stereocenters. The summed E-state index contributed by atoms with van der Waals surface area (Å²) in [6.07, 6.45) is 5.49. The average molecular weight is 606 g/mol. The molecule has 3 N–H and O–H groups in total. The molecule has 1 fully saturated rings. The molecule has 0 saturated carbocycles. The first-order valence-corrected chi connectivity index (χ1v) is 14.4. The van der Waals surface area contributed by atoms with Crippen LogP contribution in [0.1, 0.15) is 24.8 Å². The van der Waals surface area contributed by atoms with Gasteiger partial charge in [-0.1, -0.05) is 29.3 Å². The number of hydrogen-bond donors (Lipinski definition) is 3. The second kappa shape index (κ2) is 14.8. The topological polar surface area (TPSA) is 107 Å².